The number of nitrogens with one attached hydrogen (secondary N) is 2. The highest BCUT2D eigenvalue weighted by atomic mass is 35.5. The minimum Gasteiger partial charge on any atom is -0.316 e. The SMILES string of the molecule is Cl.O=[N+]([O-])c1cccc(F)c1S(=O)(=O)NC1C2CNCC21. The van der Waals surface area contributed by atoms with Crippen LogP contribution in [0.15, 0.2) is 23.1 Å². The van der Waals surface area contributed by atoms with E-state index >= 15 is 0 Å². The smallest absolute Gasteiger partial charge is 0.292 e. The van der Waals surface area contributed by atoms with Crippen LogP contribution in [-0.2, 0) is 10.0 Å². The molecule has 2 aliphatic rings. The van der Waals surface area contributed by atoms with Crippen molar-refractivity contribution < 1.29 is 17.7 Å². The molecule has 0 radical (unpaired) electrons. The van der Waals surface area contributed by atoms with Gasteiger partial charge in [-0.05, 0) is 31.0 Å². The van der Waals surface area contributed by atoms with Crippen LogP contribution in [0, 0.1) is 27.8 Å². The van der Waals surface area contributed by atoms with E-state index in [0.717, 1.165) is 18.2 Å². The van der Waals surface area contributed by atoms with E-state index in [2.05, 4.69) is 10.0 Å². The van der Waals surface area contributed by atoms with Gasteiger partial charge in [0.25, 0.3) is 15.7 Å². The Balaban J connectivity index is 0.00000161. The summed E-state index contributed by atoms with van der Waals surface area (Å²) in [5.41, 5.74) is -0.749. The lowest BCUT2D eigenvalue weighted by Gasteiger charge is -2.09. The lowest BCUT2D eigenvalue weighted by Crippen LogP contribution is -2.33. The second-order valence-corrected chi connectivity index (χ2v) is 6.63. The van der Waals surface area contributed by atoms with E-state index in [4.69, 9.17) is 0 Å². The molecule has 0 bridgehead atoms. The number of sulfonamides is 1. The van der Waals surface area contributed by atoms with Gasteiger partial charge in [0, 0.05) is 12.1 Å². The molecular formula is C11H13ClFN3O4S. The van der Waals surface area contributed by atoms with Gasteiger partial charge in [-0.25, -0.2) is 17.5 Å². The number of halogens is 2. The summed E-state index contributed by atoms with van der Waals surface area (Å²) in [6.07, 6.45) is 0. The largest absolute Gasteiger partial charge is 0.316 e. The predicted octanol–water partition coefficient (Wildman–Crippen LogP) is 0.652. The lowest BCUT2D eigenvalue weighted by molar-refractivity contribution is -0.388. The third kappa shape index (κ3) is 2.73. The molecular weight excluding hydrogens is 325 g/mol. The molecule has 10 heteroatoms. The molecule has 21 heavy (non-hydrogen) atoms. The van der Waals surface area contributed by atoms with Gasteiger partial charge < -0.3 is 5.32 Å². The number of fused-ring (bicyclic) bond motifs is 1. The quantitative estimate of drug-likeness (QED) is 0.620. The zero-order valence-electron chi connectivity index (χ0n) is 10.7. The van der Waals surface area contributed by atoms with Gasteiger partial charge in [-0.1, -0.05) is 6.07 Å². The Kier molecular flexibility index (Phi) is 4.20. The topological polar surface area (TPSA) is 101 Å². The van der Waals surface area contributed by atoms with Crippen molar-refractivity contribution in [3.05, 3.63) is 34.1 Å². The van der Waals surface area contributed by atoms with Crippen molar-refractivity contribution in [3.8, 4) is 0 Å². The minimum absolute atomic E-state index is 0. The third-order valence-corrected chi connectivity index (χ3v) is 5.32. The summed E-state index contributed by atoms with van der Waals surface area (Å²) in [6.45, 7) is 1.41. The highest BCUT2D eigenvalue weighted by Gasteiger charge is 2.55. The molecule has 1 aromatic rings. The zero-order valence-corrected chi connectivity index (χ0v) is 12.3. The van der Waals surface area contributed by atoms with Crippen LogP contribution in [0.3, 0.4) is 0 Å². The van der Waals surface area contributed by atoms with Crippen LogP contribution in [0.1, 0.15) is 0 Å². The molecule has 1 aromatic carbocycles. The first kappa shape index (κ1) is 16.1. The van der Waals surface area contributed by atoms with Crippen molar-refractivity contribution in [1.82, 2.24) is 10.0 Å². The van der Waals surface area contributed by atoms with Crippen LogP contribution in [-0.4, -0.2) is 32.5 Å². The molecule has 1 saturated carbocycles. The highest BCUT2D eigenvalue weighted by Crippen LogP contribution is 2.43. The van der Waals surface area contributed by atoms with Gasteiger partial charge >= 0.3 is 0 Å². The second kappa shape index (κ2) is 5.48. The first-order valence-electron chi connectivity index (χ1n) is 6.08. The number of benzene rings is 1. The Morgan fingerprint density at radius 2 is 1.95 bits per heavy atom. The van der Waals surface area contributed by atoms with Gasteiger partial charge in [-0.15, -0.1) is 12.4 Å². The van der Waals surface area contributed by atoms with Crippen molar-refractivity contribution in [1.29, 1.82) is 0 Å². The average Bonchev–Trinajstić information content (AvgIpc) is 2.82. The highest BCUT2D eigenvalue weighted by molar-refractivity contribution is 7.89. The van der Waals surface area contributed by atoms with Crippen molar-refractivity contribution in [2.75, 3.05) is 13.1 Å². The second-order valence-electron chi connectivity index (χ2n) is 4.98. The van der Waals surface area contributed by atoms with Gasteiger partial charge in [0.2, 0.25) is 0 Å². The van der Waals surface area contributed by atoms with Crippen LogP contribution in [0.25, 0.3) is 0 Å². The van der Waals surface area contributed by atoms with E-state index in [0.29, 0.717) is 13.1 Å². The van der Waals surface area contributed by atoms with E-state index in [1.807, 2.05) is 0 Å². The molecule has 2 unspecified atom stereocenters. The molecule has 1 aliphatic carbocycles. The minimum atomic E-state index is -4.24. The van der Waals surface area contributed by atoms with E-state index in [1.165, 1.54) is 0 Å². The molecule has 3 rings (SSSR count). The molecule has 1 heterocycles. The Morgan fingerprint density at radius 3 is 2.52 bits per heavy atom. The summed E-state index contributed by atoms with van der Waals surface area (Å²) >= 11 is 0. The first-order valence-corrected chi connectivity index (χ1v) is 7.56. The normalized spacial score (nSPS) is 26.8. The molecule has 0 spiro atoms. The number of hydrogen-bond acceptors (Lipinski definition) is 5. The van der Waals surface area contributed by atoms with E-state index in [-0.39, 0.29) is 30.3 Å². The first-order chi connectivity index (χ1) is 9.42. The van der Waals surface area contributed by atoms with Crippen molar-refractivity contribution in [3.63, 3.8) is 0 Å². The molecule has 7 nitrogen and oxygen atoms in total. The number of rotatable bonds is 4. The Bertz CT molecular complexity index is 674. The van der Waals surface area contributed by atoms with Crippen LogP contribution in [0.2, 0.25) is 0 Å². The molecule has 2 fully saturated rings. The molecule has 2 atom stereocenters. The summed E-state index contributed by atoms with van der Waals surface area (Å²) in [7, 11) is -4.24. The average molecular weight is 338 g/mol. The Morgan fingerprint density at radius 1 is 1.33 bits per heavy atom. The number of nitrogens with zero attached hydrogens (tertiary/aromatic N) is 1. The van der Waals surface area contributed by atoms with Crippen LogP contribution in [0.4, 0.5) is 10.1 Å². The predicted molar refractivity (Wildman–Crippen MR) is 74.3 cm³/mol. The van der Waals surface area contributed by atoms with Crippen LogP contribution < -0.4 is 10.0 Å². The molecule has 116 valence electrons. The monoisotopic (exact) mass is 337 g/mol. The third-order valence-electron chi connectivity index (χ3n) is 3.79. The number of nitro benzene ring substituents is 1. The summed E-state index contributed by atoms with van der Waals surface area (Å²) < 4.78 is 40.5. The fraction of sp³-hybridized carbons (Fsp3) is 0.455. The summed E-state index contributed by atoms with van der Waals surface area (Å²) in [5, 5.41) is 14.0. The van der Waals surface area contributed by atoms with Gasteiger partial charge in [0.05, 0.1) is 4.92 Å². The fourth-order valence-electron chi connectivity index (χ4n) is 2.74. The number of nitro groups is 1. The van der Waals surface area contributed by atoms with Gasteiger partial charge in [-0.3, -0.25) is 10.1 Å². The molecule has 2 N–H and O–H groups in total. The standard InChI is InChI=1S/C11H12FN3O4S.ClH/c12-8-2-1-3-9(15(16)17)11(8)20(18,19)14-10-6-4-13-5-7(6)10;/h1-3,6-7,10,13-14H,4-5H2;1H. The van der Waals surface area contributed by atoms with Gasteiger partial charge in [0.1, 0.15) is 5.82 Å². The summed E-state index contributed by atoms with van der Waals surface area (Å²) in [5.74, 6) is -0.734. The summed E-state index contributed by atoms with van der Waals surface area (Å²) in [4.78, 5) is 9.07. The Labute approximate surface area is 126 Å². The summed E-state index contributed by atoms with van der Waals surface area (Å²) in [6, 6.07) is 2.73. The fourth-order valence-corrected chi connectivity index (χ4v) is 4.31. The maximum atomic E-state index is 13.7. The van der Waals surface area contributed by atoms with Crippen LogP contribution in [0.5, 0.6) is 0 Å². The lowest BCUT2D eigenvalue weighted by atomic mass is 10.3. The van der Waals surface area contributed by atoms with Gasteiger partial charge in [0.15, 0.2) is 4.90 Å². The molecule has 1 saturated heterocycles. The zero-order chi connectivity index (χ0) is 14.5. The number of hydrogen-bond donors (Lipinski definition) is 2. The maximum absolute atomic E-state index is 13.7. The molecule has 0 amide bonds. The van der Waals surface area contributed by atoms with E-state index < -0.39 is 31.3 Å². The van der Waals surface area contributed by atoms with Crippen molar-refractivity contribution in [2.45, 2.75) is 10.9 Å². The Hall–Kier alpha value is -1.29. The maximum Gasteiger partial charge on any atom is 0.292 e. The number of piperidine rings is 1. The van der Waals surface area contributed by atoms with E-state index in [9.17, 15) is 22.9 Å². The van der Waals surface area contributed by atoms with Crippen LogP contribution >= 0.6 is 12.4 Å². The molecule has 0 aromatic heterocycles. The van der Waals surface area contributed by atoms with Crippen molar-refractivity contribution >= 4 is 28.1 Å². The molecule has 1 aliphatic heterocycles. The van der Waals surface area contributed by atoms with Gasteiger partial charge in [-0.2, -0.15) is 0 Å². The van der Waals surface area contributed by atoms with Crippen molar-refractivity contribution in [2.24, 2.45) is 11.8 Å². The van der Waals surface area contributed by atoms with E-state index in [1.54, 1.807) is 0 Å².